The minimum atomic E-state index is -0.148. The van der Waals surface area contributed by atoms with Gasteiger partial charge < -0.3 is 4.98 Å². The molecule has 2 heterocycles. The smallest absolute Gasteiger partial charge is 0.258 e. The predicted octanol–water partition coefficient (Wildman–Crippen LogP) is 3.59. The highest BCUT2D eigenvalue weighted by molar-refractivity contribution is 9.11. The molecule has 5 nitrogen and oxygen atoms in total. The van der Waals surface area contributed by atoms with Crippen molar-refractivity contribution in [3.05, 3.63) is 42.8 Å². The van der Waals surface area contributed by atoms with Crippen LogP contribution >= 0.6 is 55.0 Å². The van der Waals surface area contributed by atoms with E-state index >= 15 is 0 Å². The molecule has 0 aliphatic rings. The van der Waals surface area contributed by atoms with E-state index in [2.05, 4.69) is 52.0 Å². The number of H-pyrrole nitrogens is 1. The number of benzene rings is 1. The van der Waals surface area contributed by atoms with Crippen molar-refractivity contribution in [3.8, 4) is 0 Å². The molecule has 2 aromatic heterocycles. The SMILES string of the molecule is O=c1[nH]c(CSc2nncs2)nc2c(Br)cc(Br)cc12. The molecule has 0 bridgehead atoms. The van der Waals surface area contributed by atoms with Crippen LogP contribution in [0.5, 0.6) is 0 Å². The number of hydrogen-bond acceptors (Lipinski definition) is 6. The maximum absolute atomic E-state index is 12.1. The van der Waals surface area contributed by atoms with Gasteiger partial charge in [-0.1, -0.05) is 39.0 Å². The monoisotopic (exact) mass is 432 g/mol. The number of nitrogens with one attached hydrogen (secondary N) is 1. The maximum Gasteiger partial charge on any atom is 0.258 e. The molecule has 0 saturated heterocycles. The van der Waals surface area contributed by atoms with Crippen molar-refractivity contribution in [2.45, 2.75) is 10.1 Å². The van der Waals surface area contributed by atoms with Gasteiger partial charge in [0.25, 0.3) is 5.56 Å². The van der Waals surface area contributed by atoms with Crippen molar-refractivity contribution >= 4 is 65.9 Å². The van der Waals surface area contributed by atoms with Gasteiger partial charge >= 0.3 is 0 Å². The Bertz CT molecular complexity index is 819. The summed E-state index contributed by atoms with van der Waals surface area (Å²) in [5.41, 5.74) is 2.18. The van der Waals surface area contributed by atoms with Crippen LogP contribution in [0.2, 0.25) is 0 Å². The van der Waals surface area contributed by atoms with Gasteiger partial charge in [-0.2, -0.15) is 0 Å². The summed E-state index contributed by atoms with van der Waals surface area (Å²) in [4.78, 5) is 19.4. The van der Waals surface area contributed by atoms with Crippen molar-refractivity contribution in [2.24, 2.45) is 0 Å². The quantitative estimate of drug-likeness (QED) is 0.639. The molecule has 102 valence electrons. The van der Waals surface area contributed by atoms with E-state index in [0.29, 0.717) is 22.5 Å². The van der Waals surface area contributed by atoms with E-state index in [0.717, 1.165) is 13.3 Å². The van der Waals surface area contributed by atoms with Crippen LogP contribution in [0.25, 0.3) is 10.9 Å². The first-order valence-electron chi connectivity index (χ1n) is 5.40. The van der Waals surface area contributed by atoms with Crippen molar-refractivity contribution in [2.75, 3.05) is 0 Å². The van der Waals surface area contributed by atoms with Crippen molar-refractivity contribution in [3.63, 3.8) is 0 Å². The summed E-state index contributed by atoms with van der Waals surface area (Å²) in [6.07, 6.45) is 0. The zero-order valence-electron chi connectivity index (χ0n) is 9.76. The van der Waals surface area contributed by atoms with E-state index in [1.165, 1.54) is 23.1 Å². The minimum absolute atomic E-state index is 0.148. The lowest BCUT2D eigenvalue weighted by Gasteiger charge is -2.04. The van der Waals surface area contributed by atoms with Crippen LogP contribution in [0.15, 0.2) is 35.7 Å². The lowest BCUT2D eigenvalue weighted by molar-refractivity contribution is 1.00. The molecule has 0 aliphatic carbocycles. The normalized spacial score (nSPS) is 11.1. The van der Waals surface area contributed by atoms with Gasteiger partial charge in [-0.05, 0) is 28.1 Å². The van der Waals surface area contributed by atoms with Gasteiger partial charge in [0.15, 0.2) is 4.34 Å². The van der Waals surface area contributed by atoms with E-state index in [9.17, 15) is 4.79 Å². The Hall–Kier alpha value is -0.770. The number of rotatable bonds is 3. The summed E-state index contributed by atoms with van der Waals surface area (Å²) in [7, 11) is 0. The number of aromatic amines is 1. The Morgan fingerprint density at radius 3 is 2.95 bits per heavy atom. The number of aromatic nitrogens is 4. The van der Waals surface area contributed by atoms with E-state index in [1.54, 1.807) is 11.6 Å². The topological polar surface area (TPSA) is 71.5 Å². The first kappa shape index (κ1) is 14.2. The zero-order chi connectivity index (χ0) is 14.1. The molecule has 0 spiro atoms. The van der Waals surface area contributed by atoms with Crippen LogP contribution in [0, 0.1) is 0 Å². The van der Waals surface area contributed by atoms with Crippen molar-refractivity contribution in [1.29, 1.82) is 0 Å². The Kier molecular flexibility index (Phi) is 4.20. The molecular weight excluding hydrogens is 428 g/mol. The summed E-state index contributed by atoms with van der Waals surface area (Å²) in [6.45, 7) is 0. The highest BCUT2D eigenvalue weighted by Gasteiger charge is 2.09. The first-order valence-corrected chi connectivity index (χ1v) is 8.85. The molecule has 1 N–H and O–H groups in total. The molecule has 3 aromatic rings. The van der Waals surface area contributed by atoms with Gasteiger partial charge in [-0.3, -0.25) is 4.79 Å². The highest BCUT2D eigenvalue weighted by atomic mass is 79.9. The molecule has 0 amide bonds. The Labute approximate surface area is 138 Å². The van der Waals surface area contributed by atoms with Crippen LogP contribution in [-0.2, 0) is 5.75 Å². The lowest BCUT2D eigenvalue weighted by atomic mass is 10.2. The van der Waals surface area contributed by atoms with E-state index in [-0.39, 0.29) is 5.56 Å². The van der Waals surface area contributed by atoms with Gasteiger partial charge in [0.1, 0.15) is 11.3 Å². The predicted molar refractivity (Wildman–Crippen MR) is 87.2 cm³/mol. The number of fused-ring (bicyclic) bond motifs is 1. The van der Waals surface area contributed by atoms with Crippen LogP contribution in [0.1, 0.15) is 5.82 Å². The van der Waals surface area contributed by atoms with Gasteiger partial charge in [0.05, 0.1) is 16.7 Å². The van der Waals surface area contributed by atoms with Crippen molar-refractivity contribution < 1.29 is 0 Å². The first-order chi connectivity index (χ1) is 9.63. The van der Waals surface area contributed by atoms with Gasteiger partial charge in [0, 0.05) is 8.95 Å². The van der Waals surface area contributed by atoms with Crippen LogP contribution in [-0.4, -0.2) is 20.2 Å². The molecule has 0 unspecified atom stereocenters. The number of thioether (sulfide) groups is 1. The molecule has 20 heavy (non-hydrogen) atoms. The molecule has 0 radical (unpaired) electrons. The number of hydrogen-bond donors (Lipinski definition) is 1. The third-order valence-electron chi connectivity index (χ3n) is 2.45. The second-order valence-electron chi connectivity index (χ2n) is 3.79. The van der Waals surface area contributed by atoms with Gasteiger partial charge in [-0.15, -0.1) is 10.2 Å². The average Bonchev–Trinajstić information content (AvgIpc) is 2.91. The van der Waals surface area contributed by atoms with E-state index in [4.69, 9.17) is 0 Å². The third-order valence-corrected chi connectivity index (χ3v) is 5.38. The zero-order valence-corrected chi connectivity index (χ0v) is 14.6. The number of nitrogens with zero attached hydrogens (tertiary/aromatic N) is 3. The Morgan fingerprint density at radius 1 is 1.35 bits per heavy atom. The molecular formula is C11H6Br2N4OS2. The minimum Gasteiger partial charge on any atom is -0.309 e. The van der Waals surface area contributed by atoms with Crippen molar-refractivity contribution in [1.82, 2.24) is 20.2 Å². The molecule has 0 atom stereocenters. The lowest BCUT2D eigenvalue weighted by Crippen LogP contribution is -2.11. The second kappa shape index (κ2) is 5.92. The summed E-state index contributed by atoms with van der Waals surface area (Å²) in [5.74, 6) is 1.16. The molecule has 0 aliphatic heterocycles. The molecule has 0 fully saturated rings. The van der Waals surface area contributed by atoms with Gasteiger partial charge in [0.2, 0.25) is 0 Å². The highest BCUT2D eigenvalue weighted by Crippen LogP contribution is 2.26. The fraction of sp³-hybridized carbons (Fsp3) is 0.0909. The standard InChI is InChI=1S/C11H6Br2N4OS2/c12-5-1-6-9(7(13)2-5)15-8(16-10(6)18)3-19-11-17-14-4-20-11/h1-2,4H,3H2,(H,15,16,18). The fourth-order valence-electron chi connectivity index (χ4n) is 1.64. The molecule has 1 aromatic carbocycles. The summed E-state index contributed by atoms with van der Waals surface area (Å²) >= 11 is 9.75. The summed E-state index contributed by atoms with van der Waals surface area (Å²) < 4.78 is 2.47. The summed E-state index contributed by atoms with van der Waals surface area (Å²) in [5, 5.41) is 8.26. The maximum atomic E-state index is 12.1. The van der Waals surface area contributed by atoms with Crippen LogP contribution < -0.4 is 5.56 Å². The van der Waals surface area contributed by atoms with E-state index in [1.807, 2.05) is 6.07 Å². The molecule has 9 heteroatoms. The second-order valence-corrected chi connectivity index (χ2v) is 7.62. The largest absolute Gasteiger partial charge is 0.309 e. The van der Waals surface area contributed by atoms with Crippen LogP contribution in [0.3, 0.4) is 0 Å². The van der Waals surface area contributed by atoms with Crippen LogP contribution in [0.4, 0.5) is 0 Å². The van der Waals surface area contributed by atoms with Gasteiger partial charge in [-0.25, -0.2) is 4.98 Å². The average molecular weight is 434 g/mol. The van der Waals surface area contributed by atoms with E-state index < -0.39 is 0 Å². The summed E-state index contributed by atoms with van der Waals surface area (Å²) in [6, 6.07) is 3.63. The third kappa shape index (κ3) is 2.95. The fourth-order valence-corrected chi connectivity index (χ4v) is 4.31. The molecule has 3 rings (SSSR count). The molecule has 0 saturated carbocycles. The number of halogens is 2. The Morgan fingerprint density at radius 2 is 2.20 bits per heavy atom. The Balaban J connectivity index is 1.99.